The van der Waals surface area contributed by atoms with Crippen LogP contribution >= 0.6 is 0 Å². The number of ether oxygens (including phenoxy) is 2. The Balaban J connectivity index is 2.16. The summed E-state index contributed by atoms with van der Waals surface area (Å²) in [5, 5.41) is 0. The van der Waals surface area contributed by atoms with Gasteiger partial charge in [-0.3, -0.25) is 0 Å². The van der Waals surface area contributed by atoms with Crippen LogP contribution in [-0.2, 0) is 9.47 Å². The Morgan fingerprint density at radius 3 is 2.47 bits per heavy atom. The Morgan fingerprint density at radius 2 is 1.89 bits per heavy atom. The third kappa shape index (κ3) is 5.92. The van der Waals surface area contributed by atoms with E-state index in [-0.39, 0.29) is 5.60 Å². The molecule has 1 heterocycles. The lowest BCUT2D eigenvalue weighted by Crippen LogP contribution is -2.07. The van der Waals surface area contributed by atoms with Gasteiger partial charge in [-0.15, -0.1) is 0 Å². The Hall–Kier alpha value is -0.600. The van der Waals surface area contributed by atoms with Crippen LogP contribution in [0.5, 0.6) is 0 Å². The van der Waals surface area contributed by atoms with Gasteiger partial charge >= 0.3 is 0 Å². The predicted octanol–water partition coefficient (Wildman–Crippen LogP) is 4.65. The van der Waals surface area contributed by atoms with Gasteiger partial charge < -0.3 is 9.47 Å². The molecule has 0 spiro atoms. The van der Waals surface area contributed by atoms with Gasteiger partial charge in [-0.2, -0.15) is 0 Å². The zero-order valence-electron chi connectivity index (χ0n) is 13.3. The molecule has 0 aliphatic carbocycles. The smallest absolute Gasteiger partial charge is 0.0918 e. The molecule has 2 heteroatoms. The molecule has 0 radical (unpaired) electrons. The van der Waals surface area contributed by atoms with E-state index < -0.39 is 0 Å². The first-order valence-corrected chi connectivity index (χ1v) is 7.50. The Kier molecular flexibility index (Phi) is 6.81. The highest BCUT2D eigenvalue weighted by Crippen LogP contribution is 2.42. The number of allylic oxidation sites excluding steroid dienone is 3. The molecule has 2 unspecified atom stereocenters. The molecule has 0 aromatic heterocycles. The largest absolute Gasteiger partial charge is 0.381 e. The second-order valence-corrected chi connectivity index (χ2v) is 5.91. The molecule has 1 aliphatic heterocycles. The second kappa shape index (κ2) is 7.86. The fourth-order valence-electron chi connectivity index (χ4n) is 2.30. The molecule has 110 valence electrons. The third-order valence-electron chi connectivity index (χ3n) is 4.17. The van der Waals surface area contributed by atoms with Crippen LogP contribution in [0, 0.1) is 0 Å². The Labute approximate surface area is 118 Å². The number of methoxy groups -OCH3 is 1. The molecule has 2 atom stereocenters. The maximum Gasteiger partial charge on any atom is 0.0918 e. The van der Waals surface area contributed by atoms with Crippen molar-refractivity contribution in [2.24, 2.45) is 0 Å². The Morgan fingerprint density at radius 1 is 1.21 bits per heavy atom. The fourth-order valence-corrected chi connectivity index (χ4v) is 2.30. The minimum Gasteiger partial charge on any atom is -0.381 e. The van der Waals surface area contributed by atoms with Crippen molar-refractivity contribution in [3.8, 4) is 0 Å². The van der Waals surface area contributed by atoms with E-state index >= 15 is 0 Å². The third-order valence-corrected chi connectivity index (χ3v) is 4.17. The molecule has 0 amide bonds. The summed E-state index contributed by atoms with van der Waals surface area (Å²) >= 11 is 0. The number of epoxide rings is 1. The van der Waals surface area contributed by atoms with E-state index in [1.54, 1.807) is 7.11 Å². The van der Waals surface area contributed by atoms with Gasteiger partial charge in [-0.1, -0.05) is 30.2 Å². The van der Waals surface area contributed by atoms with Crippen LogP contribution in [-0.4, -0.2) is 25.4 Å². The molecular formula is C17H30O2. The minimum atomic E-state index is 0.180. The molecule has 2 nitrogen and oxygen atoms in total. The summed E-state index contributed by atoms with van der Waals surface area (Å²) < 4.78 is 10.8. The monoisotopic (exact) mass is 266 g/mol. The molecule has 1 fully saturated rings. The highest BCUT2D eigenvalue weighted by atomic mass is 16.6. The SMILES string of the molecule is CCC1(C)OC1CCC(C)=CCCC(C)=CCOC. The highest BCUT2D eigenvalue weighted by molar-refractivity contribution is 5.06. The van der Waals surface area contributed by atoms with Crippen molar-refractivity contribution in [1.29, 1.82) is 0 Å². The highest BCUT2D eigenvalue weighted by Gasteiger charge is 2.49. The van der Waals surface area contributed by atoms with Gasteiger partial charge in [0, 0.05) is 7.11 Å². The molecule has 0 aromatic carbocycles. The normalized spacial score (nSPS) is 27.7. The van der Waals surface area contributed by atoms with Crippen LogP contribution < -0.4 is 0 Å². The standard InChI is InChI=1S/C17H30O2/c1-6-17(4)16(19-17)11-10-14(2)8-7-9-15(3)12-13-18-5/h8,12,16H,6-7,9-11,13H2,1-5H3. The lowest BCUT2D eigenvalue weighted by molar-refractivity contribution is 0.233. The van der Waals surface area contributed by atoms with Gasteiger partial charge in [0.05, 0.1) is 18.3 Å². The zero-order chi connectivity index (χ0) is 14.3. The summed E-state index contributed by atoms with van der Waals surface area (Å²) in [6, 6.07) is 0. The van der Waals surface area contributed by atoms with Gasteiger partial charge in [-0.25, -0.2) is 0 Å². The molecule has 0 saturated carbocycles. The second-order valence-electron chi connectivity index (χ2n) is 5.91. The fraction of sp³-hybridized carbons (Fsp3) is 0.765. The molecule has 1 aliphatic rings. The van der Waals surface area contributed by atoms with Crippen molar-refractivity contribution < 1.29 is 9.47 Å². The van der Waals surface area contributed by atoms with E-state index in [2.05, 4.69) is 39.8 Å². The number of rotatable bonds is 9. The van der Waals surface area contributed by atoms with Gasteiger partial charge in [-0.05, 0) is 52.9 Å². The van der Waals surface area contributed by atoms with Crippen LogP contribution in [0.15, 0.2) is 23.3 Å². The molecule has 0 bridgehead atoms. The quantitative estimate of drug-likeness (QED) is 0.447. The molecule has 1 saturated heterocycles. The first-order valence-electron chi connectivity index (χ1n) is 7.50. The molecular weight excluding hydrogens is 236 g/mol. The molecule has 19 heavy (non-hydrogen) atoms. The summed E-state index contributed by atoms with van der Waals surface area (Å²) in [4.78, 5) is 0. The summed E-state index contributed by atoms with van der Waals surface area (Å²) in [7, 11) is 1.73. The molecule has 0 aromatic rings. The van der Waals surface area contributed by atoms with Crippen molar-refractivity contribution in [3.05, 3.63) is 23.3 Å². The van der Waals surface area contributed by atoms with E-state index in [1.165, 1.54) is 24.0 Å². The van der Waals surface area contributed by atoms with Crippen LogP contribution in [0.3, 0.4) is 0 Å². The topological polar surface area (TPSA) is 21.8 Å². The number of hydrogen-bond donors (Lipinski definition) is 0. The number of hydrogen-bond acceptors (Lipinski definition) is 2. The van der Waals surface area contributed by atoms with Crippen LogP contribution in [0.25, 0.3) is 0 Å². The lowest BCUT2D eigenvalue weighted by atomic mass is 9.99. The van der Waals surface area contributed by atoms with Crippen molar-refractivity contribution in [1.82, 2.24) is 0 Å². The van der Waals surface area contributed by atoms with E-state index in [0.717, 1.165) is 25.9 Å². The average molecular weight is 266 g/mol. The molecule has 1 rings (SSSR count). The van der Waals surface area contributed by atoms with Gasteiger partial charge in [0.1, 0.15) is 0 Å². The first kappa shape index (κ1) is 16.5. The summed E-state index contributed by atoms with van der Waals surface area (Å²) in [6.45, 7) is 9.56. The zero-order valence-corrected chi connectivity index (χ0v) is 13.3. The minimum absolute atomic E-state index is 0.180. The molecule has 0 N–H and O–H groups in total. The van der Waals surface area contributed by atoms with Crippen LogP contribution in [0.1, 0.15) is 59.8 Å². The van der Waals surface area contributed by atoms with E-state index in [4.69, 9.17) is 9.47 Å². The van der Waals surface area contributed by atoms with Gasteiger partial charge in [0.25, 0.3) is 0 Å². The summed E-state index contributed by atoms with van der Waals surface area (Å²) in [5.74, 6) is 0. The summed E-state index contributed by atoms with van der Waals surface area (Å²) in [5.41, 5.74) is 3.09. The van der Waals surface area contributed by atoms with Crippen molar-refractivity contribution in [2.75, 3.05) is 13.7 Å². The van der Waals surface area contributed by atoms with Crippen molar-refractivity contribution in [2.45, 2.75) is 71.5 Å². The van der Waals surface area contributed by atoms with Gasteiger partial charge in [0.2, 0.25) is 0 Å². The van der Waals surface area contributed by atoms with Crippen LogP contribution in [0.2, 0.25) is 0 Å². The van der Waals surface area contributed by atoms with E-state index in [1.807, 2.05) is 0 Å². The van der Waals surface area contributed by atoms with E-state index in [9.17, 15) is 0 Å². The lowest BCUT2D eigenvalue weighted by Gasteiger charge is -2.03. The van der Waals surface area contributed by atoms with Crippen LogP contribution in [0.4, 0.5) is 0 Å². The average Bonchev–Trinajstić information content (AvgIpc) is 3.06. The predicted molar refractivity (Wildman–Crippen MR) is 81.4 cm³/mol. The summed E-state index contributed by atoms with van der Waals surface area (Å²) in [6.07, 6.45) is 10.8. The maximum atomic E-state index is 5.74. The van der Waals surface area contributed by atoms with Crippen molar-refractivity contribution >= 4 is 0 Å². The van der Waals surface area contributed by atoms with Crippen molar-refractivity contribution in [3.63, 3.8) is 0 Å². The first-order chi connectivity index (χ1) is 9.01. The van der Waals surface area contributed by atoms with Gasteiger partial charge in [0.15, 0.2) is 0 Å². The maximum absolute atomic E-state index is 5.74. The Bertz CT molecular complexity index is 330. The van der Waals surface area contributed by atoms with E-state index in [0.29, 0.717) is 6.10 Å².